The summed E-state index contributed by atoms with van der Waals surface area (Å²) in [6.45, 7) is 2.92. The Kier molecular flexibility index (Phi) is 13.3. The van der Waals surface area contributed by atoms with Gasteiger partial charge in [-0.25, -0.2) is 12.8 Å². The summed E-state index contributed by atoms with van der Waals surface area (Å²) >= 11 is 0. The van der Waals surface area contributed by atoms with Gasteiger partial charge in [0, 0.05) is 31.1 Å². The van der Waals surface area contributed by atoms with Gasteiger partial charge in [0.05, 0.1) is 39.0 Å². The number of nitrogens with zero attached hydrogens (tertiary/aromatic N) is 2. The summed E-state index contributed by atoms with van der Waals surface area (Å²) in [6, 6.07) is 22.2. The molecule has 0 heterocycles. The molecule has 0 fully saturated rings. The van der Waals surface area contributed by atoms with E-state index in [1.54, 1.807) is 6.07 Å². The van der Waals surface area contributed by atoms with E-state index in [0.29, 0.717) is 23.5 Å². The number of carbonyl (C=O) groups is 2. The maximum Gasteiger partial charge on any atom is 0.265 e. The molecule has 51 heavy (non-hydrogen) atoms. The standard InChI is InChI=1S/C38H44FN3O8S/c1-7-26(2)40-38(44)33(21-27-11-9-8-10-12-27)41(24-28-13-15-29(39)16-14-28)37(43)25-42(32-22-30(47-3)17-19-34(32)48-4)51(45,46)31-18-20-35(49-5)36(23-31)50-6/h8-20,22-23,26,33H,7,21,24-25H2,1-6H3,(H,40,44)/t26-,33+/m1/s1. The summed E-state index contributed by atoms with van der Waals surface area (Å²) in [5.74, 6) is -0.670. The van der Waals surface area contributed by atoms with Gasteiger partial charge in [-0.3, -0.25) is 13.9 Å². The zero-order valence-corrected chi connectivity index (χ0v) is 30.4. The van der Waals surface area contributed by atoms with Crippen molar-refractivity contribution in [3.8, 4) is 23.0 Å². The molecule has 0 saturated carbocycles. The van der Waals surface area contributed by atoms with Crippen molar-refractivity contribution in [1.29, 1.82) is 0 Å². The maximum atomic E-state index is 14.8. The number of benzene rings is 4. The molecule has 0 unspecified atom stereocenters. The second-order valence-electron chi connectivity index (χ2n) is 11.7. The molecular formula is C38H44FN3O8S. The second kappa shape index (κ2) is 17.6. The number of carbonyl (C=O) groups excluding carboxylic acids is 2. The fourth-order valence-corrected chi connectivity index (χ4v) is 6.82. The minimum atomic E-state index is -4.54. The molecule has 0 aliphatic rings. The first kappa shape index (κ1) is 38.5. The molecule has 0 radical (unpaired) electrons. The first-order chi connectivity index (χ1) is 24.4. The van der Waals surface area contributed by atoms with Gasteiger partial charge in [0.1, 0.15) is 29.9 Å². The van der Waals surface area contributed by atoms with Gasteiger partial charge in [-0.05, 0) is 60.9 Å². The highest BCUT2D eigenvalue weighted by Gasteiger charge is 2.36. The number of anilines is 1. The quantitative estimate of drug-likeness (QED) is 0.149. The molecule has 2 amide bonds. The van der Waals surface area contributed by atoms with Gasteiger partial charge >= 0.3 is 0 Å². The van der Waals surface area contributed by atoms with Gasteiger partial charge in [-0.1, -0.05) is 49.4 Å². The number of rotatable bonds is 17. The second-order valence-corrected chi connectivity index (χ2v) is 13.6. The summed E-state index contributed by atoms with van der Waals surface area (Å²) in [5.41, 5.74) is 1.33. The van der Waals surface area contributed by atoms with Crippen molar-refractivity contribution in [2.24, 2.45) is 0 Å². The molecule has 2 atom stereocenters. The van der Waals surface area contributed by atoms with Crippen molar-refractivity contribution in [2.45, 2.75) is 50.2 Å². The summed E-state index contributed by atoms with van der Waals surface area (Å²) in [7, 11) is 1.08. The molecule has 0 spiro atoms. The van der Waals surface area contributed by atoms with Crippen LogP contribution in [0.3, 0.4) is 0 Å². The minimum Gasteiger partial charge on any atom is -0.497 e. The largest absolute Gasteiger partial charge is 0.497 e. The molecule has 0 aliphatic carbocycles. The molecule has 13 heteroatoms. The van der Waals surface area contributed by atoms with Crippen LogP contribution in [0.15, 0.2) is 95.9 Å². The predicted octanol–water partition coefficient (Wildman–Crippen LogP) is 5.61. The molecule has 272 valence electrons. The van der Waals surface area contributed by atoms with Crippen molar-refractivity contribution in [1.82, 2.24) is 10.2 Å². The van der Waals surface area contributed by atoms with Gasteiger partial charge in [0.25, 0.3) is 10.0 Å². The van der Waals surface area contributed by atoms with Crippen LogP contribution >= 0.6 is 0 Å². The number of ether oxygens (including phenoxy) is 4. The Morgan fingerprint density at radius 1 is 0.784 bits per heavy atom. The average Bonchev–Trinajstić information content (AvgIpc) is 3.15. The van der Waals surface area contributed by atoms with Crippen LogP contribution in [0.5, 0.6) is 23.0 Å². The van der Waals surface area contributed by atoms with E-state index < -0.39 is 40.2 Å². The lowest BCUT2D eigenvalue weighted by Gasteiger charge is -2.34. The van der Waals surface area contributed by atoms with Crippen LogP contribution in [0.25, 0.3) is 0 Å². The topological polar surface area (TPSA) is 124 Å². The van der Waals surface area contributed by atoms with Crippen LogP contribution in [0.1, 0.15) is 31.4 Å². The molecule has 0 saturated heterocycles. The first-order valence-electron chi connectivity index (χ1n) is 16.3. The highest BCUT2D eigenvalue weighted by Crippen LogP contribution is 2.38. The molecule has 0 bridgehead atoms. The Morgan fingerprint density at radius 2 is 1.43 bits per heavy atom. The van der Waals surface area contributed by atoms with Gasteiger partial charge in [0.15, 0.2) is 11.5 Å². The first-order valence-corrected chi connectivity index (χ1v) is 17.7. The lowest BCUT2D eigenvalue weighted by molar-refractivity contribution is -0.140. The van der Waals surface area contributed by atoms with Crippen LogP contribution in [0, 0.1) is 5.82 Å². The zero-order chi connectivity index (χ0) is 37.1. The van der Waals surface area contributed by atoms with E-state index in [4.69, 9.17) is 18.9 Å². The van der Waals surface area contributed by atoms with Crippen LogP contribution in [0.4, 0.5) is 10.1 Å². The average molecular weight is 722 g/mol. The van der Waals surface area contributed by atoms with Crippen molar-refractivity contribution in [3.63, 3.8) is 0 Å². The molecule has 0 aliphatic heterocycles. The predicted molar refractivity (Wildman–Crippen MR) is 192 cm³/mol. The van der Waals surface area contributed by atoms with Crippen LogP contribution in [-0.4, -0.2) is 72.2 Å². The molecule has 4 aromatic carbocycles. The smallest absolute Gasteiger partial charge is 0.265 e. The van der Waals surface area contributed by atoms with Crippen molar-refractivity contribution in [2.75, 3.05) is 39.3 Å². The number of nitrogens with one attached hydrogen (secondary N) is 1. The number of hydrogen-bond donors (Lipinski definition) is 1. The van der Waals surface area contributed by atoms with E-state index in [2.05, 4.69) is 5.32 Å². The van der Waals surface area contributed by atoms with Crippen LogP contribution < -0.4 is 28.6 Å². The fourth-order valence-electron chi connectivity index (χ4n) is 5.39. The highest BCUT2D eigenvalue weighted by atomic mass is 32.2. The third kappa shape index (κ3) is 9.48. The summed E-state index contributed by atoms with van der Waals surface area (Å²) in [4.78, 5) is 30.0. The van der Waals surface area contributed by atoms with Gasteiger partial charge in [-0.2, -0.15) is 0 Å². The van der Waals surface area contributed by atoms with Crippen LogP contribution in [-0.2, 0) is 32.6 Å². The SMILES string of the molecule is CC[C@@H](C)NC(=O)[C@H](Cc1ccccc1)N(Cc1ccc(F)cc1)C(=O)CN(c1cc(OC)ccc1OC)S(=O)(=O)c1ccc(OC)c(OC)c1. The number of methoxy groups -OCH3 is 4. The Balaban J connectivity index is 1.90. The molecule has 1 N–H and O–H groups in total. The summed E-state index contributed by atoms with van der Waals surface area (Å²) in [6.07, 6.45) is 0.767. The molecule has 4 rings (SSSR count). The highest BCUT2D eigenvalue weighted by molar-refractivity contribution is 7.92. The van der Waals surface area contributed by atoms with Crippen molar-refractivity contribution in [3.05, 3.63) is 108 Å². The minimum absolute atomic E-state index is 0.0189. The van der Waals surface area contributed by atoms with Crippen LogP contribution in [0.2, 0.25) is 0 Å². The Labute approximate surface area is 298 Å². The normalized spacial score (nSPS) is 12.3. The molecule has 4 aromatic rings. The maximum absolute atomic E-state index is 14.8. The zero-order valence-electron chi connectivity index (χ0n) is 29.6. The third-order valence-electron chi connectivity index (χ3n) is 8.41. The van der Waals surface area contributed by atoms with E-state index in [9.17, 15) is 22.4 Å². The molecule has 11 nitrogen and oxygen atoms in total. The Hall–Kier alpha value is -5.30. The monoisotopic (exact) mass is 721 g/mol. The molecular weight excluding hydrogens is 677 g/mol. The van der Waals surface area contributed by atoms with E-state index >= 15 is 0 Å². The number of amides is 2. The van der Waals surface area contributed by atoms with E-state index in [1.807, 2.05) is 44.2 Å². The Bertz CT molecular complexity index is 1890. The van der Waals surface area contributed by atoms with E-state index in [1.165, 1.54) is 87.9 Å². The van der Waals surface area contributed by atoms with Gasteiger partial charge in [-0.15, -0.1) is 0 Å². The van der Waals surface area contributed by atoms with E-state index in [0.717, 1.165) is 9.87 Å². The summed E-state index contributed by atoms with van der Waals surface area (Å²) in [5, 5.41) is 2.99. The fraction of sp³-hybridized carbons (Fsp3) is 0.316. The van der Waals surface area contributed by atoms with E-state index in [-0.39, 0.29) is 41.1 Å². The third-order valence-corrected chi connectivity index (χ3v) is 10.2. The van der Waals surface area contributed by atoms with Gasteiger partial charge < -0.3 is 29.2 Å². The number of halogens is 1. The Morgan fingerprint density at radius 3 is 2.04 bits per heavy atom. The van der Waals surface area contributed by atoms with Crippen molar-refractivity contribution < 1.29 is 41.3 Å². The van der Waals surface area contributed by atoms with Gasteiger partial charge in [0.2, 0.25) is 11.8 Å². The summed E-state index contributed by atoms with van der Waals surface area (Å²) < 4.78 is 65.9. The lowest BCUT2D eigenvalue weighted by atomic mass is 10.0. The molecule has 0 aromatic heterocycles. The lowest BCUT2D eigenvalue weighted by Crippen LogP contribution is -2.54. The number of sulfonamides is 1. The van der Waals surface area contributed by atoms with Crippen molar-refractivity contribution >= 4 is 27.5 Å². The number of hydrogen-bond acceptors (Lipinski definition) is 8.